The fourth-order valence-corrected chi connectivity index (χ4v) is 3.09. The second kappa shape index (κ2) is 7.68. The molecular formula is C13H16Br3NO. The molecule has 18 heavy (non-hydrogen) atoms. The van der Waals surface area contributed by atoms with Crippen LogP contribution in [0.4, 0.5) is 0 Å². The maximum Gasteiger partial charge on any atom is 0.148 e. The van der Waals surface area contributed by atoms with Crippen LogP contribution in [-0.2, 0) is 6.42 Å². The Morgan fingerprint density at radius 2 is 1.94 bits per heavy atom. The van der Waals surface area contributed by atoms with Gasteiger partial charge in [-0.3, -0.25) is 0 Å². The van der Waals surface area contributed by atoms with E-state index >= 15 is 0 Å². The first-order chi connectivity index (χ1) is 8.43. The lowest BCUT2D eigenvalue weighted by atomic mass is 10.0. The Morgan fingerprint density at radius 3 is 2.39 bits per heavy atom. The second-order valence-corrected chi connectivity index (χ2v) is 6.90. The second-order valence-electron chi connectivity index (χ2n) is 4.07. The molecule has 1 unspecified atom stereocenters. The van der Waals surface area contributed by atoms with Crippen molar-refractivity contribution in [2.24, 2.45) is 5.73 Å². The van der Waals surface area contributed by atoms with Crippen molar-refractivity contribution in [1.82, 2.24) is 0 Å². The number of hydrogen-bond acceptors (Lipinski definition) is 2. The van der Waals surface area contributed by atoms with Crippen molar-refractivity contribution in [3.05, 3.63) is 37.7 Å². The lowest BCUT2D eigenvalue weighted by Gasteiger charge is -2.14. The highest BCUT2D eigenvalue weighted by Crippen LogP contribution is 2.35. The van der Waals surface area contributed by atoms with Crippen LogP contribution in [0, 0.1) is 0 Å². The van der Waals surface area contributed by atoms with Gasteiger partial charge in [-0.15, -0.1) is 0 Å². The van der Waals surface area contributed by atoms with E-state index in [4.69, 9.17) is 10.5 Å². The summed E-state index contributed by atoms with van der Waals surface area (Å²) in [6.07, 6.45) is 1.83. The Morgan fingerprint density at radius 1 is 1.39 bits per heavy atom. The van der Waals surface area contributed by atoms with Crippen LogP contribution >= 0.6 is 47.8 Å². The molecule has 0 saturated carbocycles. The maximum absolute atomic E-state index is 5.96. The van der Waals surface area contributed by atoms with Gasteiger partial charge in [-0.25, -0.2) is 0 Å². The summed E-state index contributed by atoms with van der Waals surface area (Å²) < 4.78 is 8.29. The molecule has 0 amide bonds. The number of hydrogen-bond donors (Lipinski definition) is 1. The normalized spacial score (nSPS) is 12.3. The van der Waals surface area contributed by atoms with Gasteiger partial charge in [-0.1, -0.05) is 29.4 Å². The molecule has 0 fully saturated rings. The lowest BCUT2D eigenvalue weighted by Crippen LogP contribution is -2.21. The minimum Gasteiger partial charge on any atom is -0.486 e. The minimum absolute atomic E-state index is 0.192. The minimum atomic E-state index is 0.192. The first-order valence-corrected chi connectivity index (χ1v) is 8.01. The fourth-order valence-electron chi connectivity index (χ4n) is 1.47. The third kappa shape index (κ3) is 5.03. The third-order valence-electron chi connectivity index (χ3n) is 2.45. The van der Waals surface area contributed by atoms with Crippen LogP contribution in [0.25, 0.3) is 0 Å². The molecule has 0 aliphatic rings. The summed E-state index contributed by atoms with van der Waals surface area (Å²) in [6, 6.07) is 4.29. The Kier molecular flexibility index (Phi) is 6.92. The van der Waals surface area contributed by atoms with Gasteiger partial charge >= 0.3 is 0 Å². The van der Waals surface area contributed by atoms with Gasteiger partial charge in [-0.05, 0) is 62.4 Å². The Balaban J connectivity index is 2.86. The summed E-state index contributed by atoms with van der Waals surface area (Å²) in [5.41, 5.74) is 7.15. The van der Waals surface area contributed by atoms with E-state index in [1.54, 1.807) is 0 Å². The van der Waals surface area contributed by atoms with Crippen molar-refractivity contribution >= 4 is 47.8 Å². The molecule has 0 radical (unpaired) electrons. The average Bonchev–Trinajstić information content (AvgIpc) is 2.27. The topological polar surface area (TPSA) is 35.2 Å². The number of nitrogens with two attached hydrogens (primary N) is 1. The number of rotatable bonds is 6. The molecule has 0 aliphatic carbocycles. The van der Waals surface area contributed by atoms with E-state index in [0.717, 1.165) is 32.0 Å². The van der Waals surface area contributed by atoms with Crippen molar-refractivity contribution in [1.29, 1.82) is 0 Å². The molecule has 2 nitrogen and oxygen atoms in total. The fraction of sp³-hybridized carbons (Fsp3) is 0.385. The van der Waals surface area contributed by atoms with Crippen molar-refractivity contribution < 1.29 is 4.74 Å². The highest BCUT2D eigenvalue weighted by atomic mass is 79.9. The van der Waals surface area contributed by atoms with Crippen LogP contribution in [-0.4, -0.2) is 12.6 Å². The predicted octanol–water partition coefficient (Wildman–Crippen LogP) is 4.78. The van der Waals surface area contributed by atoms with E-state index < -0.39 is 0 Å². The molecule has 1 aromatic rings. The van der Waals surface area contributed by atoms with E-state index in [0.29, 0.717) is 6.61 Å². The quantitative estimate of drug-likeness (QED) is 0.689. The van der Waals surface area contributed by atoms with Crippen molar-refractivity contribution in [2.45, 2.75) is 25.8 Å². The van der Waals surface area contributed by atoms with Crippen molar-refractivity contribution in [3.63, 3.8) is 0 Å². The van der Waals surface area contributed by atoms with E-state index in [2.05, 4.69) is 61.3 Å². The van der Waals surface area contributed by atoms with E-state index in [9.17, 15) is 0 Å². The summed E-state index contributed by atoms with van der Waals surface area (Å²) in [6.45, 7) is 6.27. The zero-order valence-corrected chi connectivity index (χ0v) is 14.9. The average molecular weight is 442 g/mol. The van der Waals surface area contributed by atoms with Gasteiger partial charge in [0.25, 0.3) is 0 Å². The summed E-state index contributed by atoms with van der Waals surface area (Å²) in [7, 11) is 0. The molecule has 1 aromatic carbocycles. The maximum atomic E-state index is 5.96. The molecule has 0 spiro atoms. The molecule has 2 N–H and O–H groups in total. The van der Waals surface area contributed by atoms with Gasteiger partial charge in [0.2, 0.25) is 0 Å². The van der Waals surface area contributed by atoms with E-state index in [1.807, 2.05) is 12.1 Å². The Hall–Kier alpha value is 0.160. The standard InChI is InChI=1S/C13H16Br3NO/c1-3-10(17)4-9-5-11(15)13(12(16)6-9)18-7-8(2)14/h5-6,10H,2-4,7,17H2,1H3. The SMILES string of the molecule is C=C(Br)COc1c(Br)cc(CC(N)CC)cc1Br. The zero-order valence-electron chi connectivity index (χ0n) is 10.2. The van der Waals surface area contributed by atoms with Gasteiger partial charge in [0, 0.05) is 10.5 Å². The number of benzene rings is 1. The molecule has 0 aromatic heterocycles. The van der Waals surface area contributed by atoms with Gasteiger partial charge in [-0.2, -0.15) is 0 Å². The number of ether oxygens (including phenoxy) is 1. The van der Waals surface area contributed by atoms with Gasteiger partial charge in [0.15, 0.2) is 0 Å². The van der Waals surface area contributed by atoms with Crippen LogP contribution in [0.5, 0.6) is 5.75 Å². The molecule has 100 valence electrons. The molecule has 0 aliphatic heterocycles. The molecule has 0 saturated heterocycles. The molecule has 0 heterocycles. The largest absolute Gasteiger partial charge is 0.486 e. The predicted molar refractivity (Wildman–Crippen MR) is 87.4 cm³/mol. The van der Waals surface area contributed by atoms with Crippen LogP contribution in [0.2, 0.25) is 0 Å². The van der Waals surface area contributed by atoms with Crippen LogP contribution in [0.15, 0.2) is 32.1 Å². The number of halogens is 3. The zero-order chi connectivity index (χ0) is 13.7. The summed E-state index contributed by atoms with van der Waals surface area (Å²) >= 11 is 10.3. The Labute approximate surface area is 133 Å². The smallest absolute Gasteiger partial charge is 0.148 e. The van der Waals surface area contributed by atoms with Crippen molar-refractivity contribution in [2.75, 3.05) is 6.61 Å². The van der Waals surface area contributed by atoms with Gasteiger partial charge in [0.1, 0.15) is 12.4 Å². The van der Waals surface area contributed by atoms with Gasteiger partial charge < -0.3 is 10.5 Å². The van der Waals surface area contributed by atoms with Gasteiger partial charge in [0.05, 0.1) is 8.95 Å². The lowest BCUT2D eigenvalue weighted by molar-refractivity contribution is 0.356. The summed E-state index contributed by atoms with van der Waals surface area (Å²) in [4.78, 5) is 0. The highest BCUT2D eigenvalue weighted by Gasteiger charge is 2.11. The molecule has 0 bridgehead atoms. The summed E-state index contributed by atoms with van der Waals surface area (Å²) in [5.74, 6) is 0.782. The third-order valence-corrected chi connectivity index (χ3v) is 3.86. The van der Waals surface area contributed by atoms with E-state index in [1.165, 1.54) is 5.56 Å². The monoisotopic (exact) mass is 439 g/mol. The first-order valence-electron chi connectivity index (χ1n) is 5.63. The van der Waals surface area contributed by atoms with E-state index in [-0.39, 0.29) is 6.04 Å². The Bertz CT molecular complexity index is 411. The molecule has 1 rings (SSSR count). The van der Waals surface area contributed by atoms with Crippen LogP contribution in [0.3, 0.4) is 0 Å². The summed E-state index contributed by atoms with van der Waals surface area (Å²) in [5, 5.41) is 0. The molecular weight excluding hydrogens is 426 g/mol. The van der Waals surface area contributed by atoms with Crippen LogP contribution < -0.4 is 10.5 Å². The highest BCUT2D eigenvalue weighted by molar-refractivity contribution is 9.11. The van der Waals surface area contributed by atoms with Crippen molar-refractivity contribution in [3.8, 4) is 5.75 Å². The van der Waals surface area contributed by atoms with Crippen LogP contribution in [0.1, 0.15) is 18.9 Å². The molecule has 1 atom stereocenters. The first kappa shape index (κ1) is 16.2. The molecule has 5 heteroatoms.